The molecule has 2 aliphatic rings. The summed E-state index contributed by atoms with van der Waals surface area (Å²) in [5, 5.41) is 1.28. The van der Waals surface area contributed by atoms with Gasteiger partial charge in [0, 0.05) is 37.1 Å². The van der Waals surface area contributed by atoms with Gasteiger partial charge in [-0.2, -0.15) is 11.8 Å². The molecule has 1 saturated heterocycles. The van der Waals surface area contributed by atoms with Crippen LogP contribution in [-0.2, 0) is 0 Å². The number of rotatable bonds is 3. The van der Waals surface area contributed by atoms with E-state index in [1.165, 1.54) is 34.9 Å². The number of carbonyl (C=O) groups is 1. The fraction of sp³-hybridized carbons (Fsp3) is 0.615. The van der Waals surface area contributed by atoms with Gasteiger partial charge in [-0.05, 0) is 18.8 Å². The van der Waals surface area contributed by atoms with Gasteiger partial charge >= 0.3 is 0 Å². The maximum absolute atomic E-state index is 11.7. The standard InChI is InChI=1S/C13H18N2OS2/c1-8(16)12-11(14)10(9-2-3-9)13(18-12)15-4-6-17-7-5-15/h9H,2-7,14H2,1H3. The number of Topliss-reactive ketones (excluding diaryl/α,β-unsaturated/α-hetero) is 1. The Morgan fingerprint density at radius 2 is 2.00 bits per heavy atom. The summed E-state index contributed by atoms with van der Waals surface area (Å²) in [6.45, 7) is 3.79. The molecule has 98 valence electrons. The summed E-state index contributed by atoms with van der Waals surface area (Å²) in [4.78, 5) is 14.9. The summed E-state index contributed by atoms with van der Waals surface area (Å²) in [5.41, 5.74) is 8.25. The largest absolute Gasteiger partial charge is 0.397 e. The van der Waals surface area contributed by atoms with Crippen LogP contribution in [0.25, 0.3) is 0 Å². The Morgan fingerprint density at radius 3 is 2.56 bits per heavy atom. The van der Waals surface area contributed by atoms with Gasteiger partial charge in [-0.15, -0.1) is 11.3 Å². The van der Waals surface area contributed by atoms with E-state index in [-0.39, 0.29) is 5.78 Å². The lowest BCUT2D eigenvalue weighted by Crippen LogP contribution is -2.32. The molecule has 1 aliphatic heterocycles. The Morgan fingerprint density at radius 1 is 1.33 bits per heavy atom. The van der Waals surface area contributed by atoms with Gasteiger partial charge in [-0.1, -0.05) is 0 Å². The predicted molar refractivity (Wildman–Crippen MR) is 80.2 cm³/mol. The highest BCUT2D eigenvalue weighted by Crippen LogP contribution is 2.52. The highest BCUT2D eigenvalue weighted by Gasteiger charge is 2.34. The molecule has 5 heteroatoms. The van der Waals surface area contributed by atoms with Gasteiger partial charge in [-0.25, -0.2) is 0 Å². The second-order valence-corrected chi connectivity index (χ2v) is 7.22. The summed E-state index contributed by atoms with van der Waals surface area (Å²) in [7, 11) is 0. The minimum Gasteiger partial charge on any atom is -0.397 e. The van der Waals surface area contributed by atoms with Gasteiger partial charge in [0.1, 0.15) is 0 Å². The molecule has 0 amide bonds. The number of ketones is 1. The number of thiophene rings is 1. The Labute approximate surface area is 116 Å². The average Bonchev–Trinajstić information content (AvgIpc) is 3.14. The van der Waals surface area contributed by atoms with Crippen molar-refractivity contribution in [3.05, 3.63) is 10.4 Å². The van der Waals surface area contributed by atoms with Crippen molar-refractivity contribution < 1.29 is 4.79 Å². The van der Waals surface area contributed by atoms with Crippen LogP contribution in [0.2, 0.25) is 0 Å². The van der Waals surface area contributed by atoms with E-state index in [1.54, 1.807) is 18.3 Å². The second kappa shape index (κ2) is 4.78. The molecule has 0 bridgehead atoms. The van der Waals surface area contributed by atoms with Crippen molar-refractivity contribution in [3.63, 3.8) is 0 Å². The lowest BCUT2D eigenvalue weighted by Gasteiger charge is -2.28. The molecule has 0 radical (unpaired) electrons. The summed E-state index contributed by atoms with van der Waals surface area (Å²) in [6, 6.07) is 0. The van der Waals surface area contributed by atoms with E-state index in [0.29, 0.717) is 5.92 Å². The summed E-state index contributed by atoms with van der Waals surface area (Å²) < 4.78 is 0. The number of anilines is 2. The molecule has 2 N–H and O–H groups in total. The van der Waals surface area contributed by atoms with E-state index in [9.17, 15) is 4.79 Å². The zero-order valence-electron chi connectivity index (χ0n) is 10.6. The molecule has 3 nitrogen and oxygen atoms in total. The molecule has 1 aromatic rings. The van der Waals surface area contributed by atoms with Crippen molar-refractivity contribution in [1.29, 1.82) is 0 Å². The van der Waals surface area contributed by atoms with Crippen LogP contribution in [0, 0.1) is 0 Å². The van der Waals surface area contributed by atoms with Crippen LogP contribution in [0.1, 0.15) is 40.9 Å². The molecule has 1 aromatic heterocycles. The zero-order valence-corrected chi connectivity index (χ0v) is 12.2. The summed E-state index contributed by atoms with van der Waals surface area (Å²) in [5.74, 6) is 3.07. The van der Waals surface area contributed by atoms with E-state index >= 15 is 0 Å². The third-order valence-corrected chi connectivity index (χ3v) is 5.89. The lowest BCUT2D eigenvalue weighted by molar-refractivity contribution is 0.102. The number of hydrogen-bond donors (Lipinski definition) is 1. The van der Waals surface area contributed by atoms with Gasteiger partial charge in [-0.3, -0.25) is 4.79 Å². The Balaban J connectivity index is 2.00. The van der Waals surface area contributed by atoms with E-state index in [1.807, 2.05) is 11.8 Å². The van der Waals surface area contributed by atoms with Crippen molar-refractivity contribution in [2.24, 2.45) is 0 Å². The van der Waals surface area contributed by atoms with Crippen LogP contribution in [0.5, 0.6) is 0 Å². The molecule has 2 fully saturated rings. The van der Waals surface area contributed by atoms with Gasteiger partial charge in [0.25, 0.3) is 0 Å². The van der Waals surface area contributed by atoms with E-state index in [2.05, 4.69) is 4.90 Å². The van der Waals surface area contributed by atoms with E-state index in [0.717, 1.165) is 23.7 Å². The van der Waals surface area contributed by atoms with Crippen LogP contribution in [0.4, 0.5) is 10.7 Å². The maximum atomic E-state index is 11.7. The molecule has 2 heterocycles. The third-order valence-electron chi connectivity index (χ3n) is 3.57. The highest BCUT2D eigenvalue weighted by molar-refractivity contribution is 7.99. The first-order chi connectivity index (χ1) is 8.68. The SMILES string of the molecule is CC(=O)c1sc(N2CCSCC2)c(C2CC2)c1N. The molecule has 0 unspecified atom stereocenters. The number of nitrogens with two attached hydrogens (primary N) is 1. The third kappa shape index (κ3) is 2.14. The fourth-order valence-corrected chi connectivity index (χ4v) is 4.63. The van der Waals surface area contributed by atoms with Crippen LogP contribution in [0.3, 0.4) is 0 Å². The number of nitrogen functional groups attached to an aromatic ring is 1. The minimum atomic E-state index is 0.108. The van der Waals surface area contributed by atoms with Crippen LogP contribution in [0.15, 0.2) is 0 Å². The molecule has 0 spiro atoms. The smallest absolute Gasteiger partial charge is 0.171 e. The number of carbonyl (C=O) groups excluding carboxylic acids is 1. The average molecular weight is 282 g/mol. The van der Waals surface area contributed by atoms with Crippen LogP contribution < -0.4 is 10.6 Å². The quantitative estimate of drug-likeness (QED) is 0.866. The van der Waals surface area contributed by atoms with Gasteiger partial charge in [0.2, 0.25) is 0 Å². The molecule has 1 aliphatic carbocycles. The number of thioether (sulfide) groups is 1. The van der Waals surface area contributed by atoms with E-state index in [4.69, 9.17) is 5.73 Å². The molecular formula is C13H18N2OS2. The predicted octanol–water partition coefficient (Wildman–Crippen LogP) is 2.96. The van der Waals surface area contributed by atoms with Crippen LogP contribution >= 0.6 is 23.1 Å². The number of nitrogens with zero attached hydrogens (tertiary/aromatic N) is 1. The Hall–Kier alpha value is -0.680. The lowest BCUT2D eigenvalue weighted by atomic mass is 10.1. The fourth-order valence-electron chi connectivity index (χ4n) is 2.47. The number of hydrogen-bond acceptors (Lipinski definition) is 5. The monoisotopic (exact) mass is 282 g/mol. The van der Waals surface area contributed by atoms with Crippen molar-refractivity contribution in [2.45, 2.75) is 25.7 Å². The van der Waals surface area contributed by atoms with Crippen molar-refractivity contribution in [2.75, 3.05) is 35.2 Å². The summed E-state index contributed by atoms with van der Waals surface area (Å²) >= 11 is 3.62. The minimum absolute atomic E-state index is 0.108. The van der Waals surface area contributed by atoms with Crippen LogP contribution in [-0.4, -0.2) is 30.4 Å². The van der Waals surface area contributed by atoms with E-state index < -0.39 is 0 Å². The zero-order chi connectivity index (χ0) is 12.7. The van der Waals surface area contributed by atoms with Crippen molar-refractivity contribution in [1.82, 2.24) is 0 Å². The summed E-state index contributed by atoms with van der Waals surface area (Å²) in [6.07, 6.45) is 2.46. The van der Waals surface area contributed by atoms with Crippen molar-refractivity contribution in [3.8, 4) is 0 Å². The highest BCUT2D eigenvalue weighted by atomic mass is 32.2. The molecular weight excluding hydrogens is 264 g/mol. The van der Waals surface area contributed by atoms with Crippen molar-refractivity contribution >= 4 is 39.6 Å². The van der Waals surface area contributed by atoms with Gasteiger partial charge in [0.05, 0.1) is 15.6 Å². The first kappa shape index (κ1) is 12.4. The topological polar surface area (TPSA) is 46.3 Å². The second-order valence-electron chi connectivity index (χ2n) is 4.99. The van der Waals surface area contributed by atoms with Gasteiger partial charge < -0.3 is 10.6 Å². The molecule has 3 rings (SSSR count). The Kier molecular flexibility index (Phi) is 3.28. The Bertz CT molecular complexity index is 474. The van der Waals surface area contributed by atoms with Gasteiger partial charge in [0.15, 0.2) is 5.78 Å². The molecule has 18 heavy (non-hydrogen) atoms. The first-order valence-electron chi connectivity index (χ1n) is 6.44. The maximum Gasteiger partial charge on any atom is 0.171 e. The molecule has 0 atom stereocenters. The first-order valence-corrected chi connectivity index (χ1v) is 8.41. The normalized spacial score (nSPS) is 20.2. The molecule has 0 aromatic carbocycles. The molecule has 1 saturated carbocycles.